The van der Waals surface area contributed by atoms with Gasteiger partial charge in [-0.1, -0.05) is 18.2 Å². The third kappa shape index (κ3) is 3.75. The summed E-state index contributed by atoms with van der Waals surface area (Å²) >= 11 is 0. The Morgan fingerprint density at radius 2 is 1.75 bits per heavy atom. The summed E-state index contributed by atoms with van der Waals surface area (Å²) in [7, 11) is 0. The number of benzene rings is 1. The molecule has 3 aromatic rings. The first-order chi connectivity index (χ1) is 11.7. The highest BCUT2D eigenvalue weighted by Gasteiger charge is 2.11. The van der Waals surface area contributed by atoms with Gasteiger partial charge in [0, 0.05) is 48.3 Å². The molecule has 0 unspecified atom stereocenters. The van der Waals surface area contributed by atoms with Crippen molar-refractivity contribution in [3.63, 3.8) is 0 Å². The lowest BCUT2D eigenvalue weighted by molar-refractivity contribution is -0.136. The number of carbonyl (C=O) groups is 1. The molecule has 0 spiro atoms. The molecule has 0 fully saturated rings. The van der Waals surface area contributed by atoms with E-state index in [1.165, 1.54) is 0 Å². The van der Waals surface area contributed by atoms with E-state index in [-0.39, 0.29) is 6.42 Å². The SMILES string of the molecule is O=C(O)Cc1cnc2ccccc2c1NCCNc1ncccn1. The van der Waals surface area contributed by atoms with Crippen LogP contribution < -0.4 is 10.6 Å². The van der Waals surface area contributed by atoms with Crippen molar-refractivity contribution in [1.29, 1.82) is 0 Å². The first-order valence-corrected chi connectivity index (χ1v) is 7.57. The average Bonchev–Trinajstić information content (AvgIpc) is 2.60. The van der Waals surface area contributed by atoms with Gasteiger partial charge in [0.05, 0.1) is 11.9 Å². The van der Waals surface area contributed by atoms with Gasteiger partial charge in [0.1, 0.15) is 0 Å². The highest BCUT2D eigenvalue weighted by atomic mass is 16.4. The average molecular weight is 323 g/mol. The number of hydrogen-bond donors (Lipinski definition) is 3. The molecule has 0 saturated heterocycles. The molecule has 0 atom stereocenters. The van der Waals surface area contributed by atoms with Crippen molar-refractivity contribution in [1.82, 2.24) is 15.0 Å². The Bertz CT molecular complexity index is 839. The van der Waals surface area contributed by atoms with Gasteiger partial charge in [0.15, 0.2) is 0 Å². The van der Waals surface area contributed by atoms with Crippen molar-refractivity contribution in [2.24, 2.45) is 0 Å². The van der Waals surface area contributed by atoms with Crippen molar-refractivity contribution in [3.05, 3.63) is 54.5 Å². The van der Waals surface area contributed by atoms with Crippen LogP contribution in [0.25, 0.3) is 10.9 Å². The van der Waals surface area contributed by atoms with Crippen molar-refractivity contribution in [2.75, 3.05) is 23.7 Å². The van der Waals surface area contributed by atoms with Crippen LogP contribution in [-0.2, 0) is 11.2 Å². The van der Waals surface area contributed by atoms with Crippen molar-refractivity contribution < 1.29 is 9.90 Å². The number of nitrogens with zero attached hydrogens (tertiary/aromatic N) is 3. The molecule has 2 heterocycles. The summed E-state index contributed by atoms with van der Waals surface area (Å²) in [6.45, 7) is 1.20. The molecular formula is C17H17N5O2. The standard InChI is InChI=1S/C17H17N5O2/c23-15(24)10-12-11-22-14-5-2-1-4-13(14)16(12)18-8-9-21-17-19-6-3-7-20-17/h1-7,11H,8-10H2,(H,18,22)(H,23,24)(H,19,20,21). The van der Waals surface area contributed by atoms with Crippen LogP contribution in [0.5, 0.6) is 0 Å². The van der Waals surface area contributed by atoms with Crippen LogP contribution in [0.2, 0.25) is 0 Å². The van der Waals surface area contributed by atoms with Gasteiger partial charge in [-0.25, -0.2) is 9.97 Å². The molecule has 0 aliphatic carbocycles. The maximum Gasteiger partial charge on any atom is 0.307 e. The van der Waals surface area contributed by atoms with Gasteiger partial charge in [0.25, 0.3) is 0 Å². The maximum atomic E-state index is 11.1. The summed E-state index contributed by atoms with van der Waals surface area (Å²) in [5, 5.41) is 16.4. The number of para-hydroxylation sites is 1. The van der Waals surface area contributed by atoms with E-state index >= 15 is 0 Å². The van der Waals surface area contributed by atoms with E-state index in [2.05, 4.69) is 25.6 Å². The number of nitrogens with one attached hydrogen (secondary N) is 2. The number of anilines is 2. The molecule has 0 aliphatic heterocycles. The molecular weight excluding hydrogens is 306 g/mol. The second kappa shape index (κ2) is 7.36. The number of carboxylic acids is 1. The van der Waals surface area contributed by atoms with E-state index in [0.717, 1.165) is 16.6 Å². The molecule has 122 valence electrons. The van der Waals surface area contributed by atoms with Gasteiger partial charge in [-0.15, -0.1) is 0 Å². The lowest BCUT2D eigenvalue weighted by Crippen LogP contribution is -2.16. The van der Waals surface area contributed by atoms with Gasteiger partial charge < -0.3 is 15.7 Å². The summed E-state index contributed by atoms with van der Waals surface area (Å²) in [6, 6.07) is 9.41. The monoisotopic (exact) mass is 323 g/mol. The van der Waals surface area contributed by atoms with Crippen LogP contribution in [0.3, 0.4) is 0 Å². The largest absolute Gasteiger partial charge is 0.481 e. The van der Waals surface area contributed by atoms with Gasteiger partial charge in [0.2, 0.25) is 5.95 Å². The first kappa shape index (κ1) is 15.7. The van der Waals surface area contributed by atoms with E-state index < -0.39 is 5.97 Å². The molecule has 1 aromatic carbocycles. The molecule has 7 nitrogen and oxygen atoms in total. The number of hydrogen-bond acceptors (Lipinski definition) is 6. The molecule has 0 amide bonds. The zero-order chi connectivity index (χ0) is 16.8. The first-order valence-electron chi connectivity index (χ1n) is 7.57. The van der Waals surface area contributed by atoms with Gasteiger partial charge in [-0.3, -0.25) is 9.78 Å². The highest BCUT2D eigenvalue weighted by molar-refractivity contribution is 5.94. The Morgan fingerprint density at radius 1 is 1.00 bits per heavy atom. The van der Waals surface area contributed by atoms with Gasteiger partial charge >= 0.3 is 5.97 Å². The van der Waals surface area contributed by atoms with Crippen molar-refractivity contribution in [3.8, 4) is 0 Å². The Labute approximate surface area is 138 Å². The van der Waals surface area contributed by atoms with E-state index in [4.69, 9.17) is 5.11 Å². The van der Waals surface area contributed by atoms with Crippen LogP contribution in [0.15, 0.2) is 48.9 Å². The quantitative estimate of drug-likeness (QED) is 0.573. The lowest BCUT2D eigenvalue weighted by atomic mass is 10.1. The lowest BCUT2D eigenvalue weighted by Gasteiger charge is -2.14. The number of carboxylic acid groups (broad SMARTS) is 1. The maximum absolute atomic E-state index is 11.1. The smallest absolute Gasteiger partial charge is 0.307 e. The normalized spacial score (nSPS) is 10.5. The van der Waals surface area contributed by atoms with Crippen LogP contribution in [0.4, 0.5) is 11.6 Å². The molecule has 24 heavy (non-hydrogen) atoms. The van der Waals surface area contributed by atoms with Crippen LogP contribution in [0, 0.1) is 0 Å². The summed E-state index contributed by atoms with van der Waals surface area (Å²) in [4.78, 5) is 23.6. The molecule has 0 radical (unpaired) electrons. The van der Waals surface area contributed by atoms with Crippen molar-refractivity contribution in [2.45, 2.75) is 6.42 Å². The third-order valence-corrected chi connectivity index (χ3v) is 3.47. The Kier molecular flexibility index (Phi) is 4.81. The van der Waals surface area contributed by atoms with Crippen LogP contribution >= 0.6 is 0 Å². The number of aliphatic carboxylic acids is 1. The second-order valence-electron chi connectivity index (χ2n) is 5.17. The van der Waals surface area contributed by atoms with Gasteiger partial charge in [-0.05, 0) is 12.1 Å². The number of pyridine rings is 1. The van der Waals surface area contributed by atoms with Crippen LogP contribution in [0.1, 0.15) is 5.56 Å². The molecule has 3 N–H and O–H groups in total. The Balaban J connectivity index is 1.75. The minimum absolute atomic E-state index is 0.0740. The zero-order valence-electron chi connectivity index (χ0n) is 12.9. The predicted molar refractivity (Wildman–Crippen MR) is 92.1 cm³/mol. The molecule has 2 aromatic heterocycles. The zero-order valence-corrected chi connectivity index (χ0v) is 12.9. The molecule has 3 rings (SSSR count). The third-order valence-electron chi connectivity index (χ3n) is 3.47. The fraction of sp³-hybridized carbons (Fsp3) is 0.176. The minimum Gasteiger partial charge on any atom is -0.481 e. The van der Waals surface area contributed by atoms with Crippen LogP contribution in [-0.4, -0.2) is 39.1 Å². The topological polar surface area (TPSA) is 100 Å². The highest BCUT2D eigenvalue weighted by Crippen LogP contribution is 2.26. The number of aromatic nitrogens is 3. The van der Waals surface area contributed by atoms with E-state index in [0.29, 0.717) is 24.6 Å². The number of fused-ring (bicyclic) bond motifs is 1. The number of rotatable bonds is 7. The summed E-state index contributed by atoms with van der Waals surface area (Å²) in [6.07, 6.45) is 4.89. The second-order valence-corrected chi connectivity index (χ2v) is 5.17. The molecule has 0 aliphatic rings. The van der Waals surface area contributed by atoms with E-state index in [1.54, 1.807) is 24.7 Å². The molecule has 7 heteroatoms. The summed E-state index contributed by atoms with van der Waals surface area (Å²) in [5.41, 5.74) is 2.30. The van der Waals surface area contributed by atoms with Gasteiger partial charge in [-0.2, -0.15) is 0 Å². The fourth-order valence-corrected chi connectivity index (χ4v) is 2.44. The Hall–Kier alpha value is -3.22. The fourth-order valence-electron chi connectivity index (χ4n) is 2.44. The summed E-state index contributed by atoms with van der Waals surface area (Å²) < 4.78 is 0. The molecule has 0 bridgehead atoms. The van der Waals surface area contributed by atoms with E-state index in [1.807, 2.05) is 24.3 Å². The minimum atomic E-state index is -0.883. The van der Waals surface area contributed by atoms with Crippen molar-refractivity contribution >= 4 is 28.5 Å². The van der Waals surface area contributed by atoms with E-state index in [9.17, 15) is 4.79 Å². The Morgan fingerprint density at radius 3 is 2.54 bits per heavy atom. The predicted octanol–water partition coefficient (Wildman–Crippen LogP) is 2.18. The molecule has 0 saturated carbocycles. The summed E-state index contributed by atoms with van der Waals surface area (Å²) in [5.74, 6) is -0.324.